The van der Waals surface area contributed by atoms with Gasteiger partial charge in [0.25, 0.3) is 0 Å². The second-order valence-corrected chi connectivity index (χ2v) is 7.86. The Kier molecular flexibility index (Phi) is 6.24. The zero-order valence-corrected chi connectivity index (χ0v) is 17.0. The quantitative estimate of drug-likeness (QED) is 0.618. The Bertz CT molecular complexity index is 809. The summed E-state index contributed by atoms with van der Waals surface area (Å²) in [7, 11) is 0. The molecule has 0 fully saturated rings. The van der Waals surface area contributed by atoms with Crippen molar-refractivity contribution in [1.82, 2.24) is 25.4 Å². The largest absolute Gasteiger partial charge is 0.357 e. The van der Waals surface area contributed by atoms with Crippen molar-refractivity contribution in [3.05, 3.63) is 47.0 Å². The second kappa shape index (κ2) is 9.22. The maximum Gasteiger partial charge on any atom is 0.191 e. The molecule has 4 rings (SSSR count). The number of nitrogens with zero attached hydrogens (tertiary/aromatic N) is 4. The molecule has 150 valence electrons. The van der Waals surface area contributed by atoms with Crippen LogP contribution < -0.4 is 10.6 Å². The Hall–Kier alpha value is -2.37. The lowest BCUT2D eigenvalue weighted by Gasteiger charge is -2.27. The maximum absolute atomic E-state index is 4.82. The number of aromatic nitrogens is 3. The van der Waals surface area contributed by atoms with Crippen LogP contribution >= 0.6 is 0 Å². The van der Waals surface area contributed by atoms with E-state index < -0.39 is 0 Å². The normalized spacial score (nSPS) is 19.5. The highest BCUT2D eigenvalue weighted by molar-refractivity contribution is 5.80. The second-order valence-electron chi connectivity index (χ2n) is 7.86. The molecule has 1 aromatic carbocycles. The van der Waals surface area contributed by atoms with Crippen LogP contribution in [0.5, 0.6) is 0 Å². The van der Waals surface area contributed by atoms with Gasteiger partial charge >= 0.3 is 0 Å². The molecule has 0 spiro atoms. The third-order valence-electron chi connectivity index (χ3n) is 5.82. The smallest absolute Gasteiger partial charge is 0.191 e. The topological polar surface area (TPSA) is 67.1 Å². The summed E-state index contributed by atoms with van der Waals surface area (Å²) in [4.78, 5) is 4.82. The number of hydrogen-bond donors (Lipinski definition) is 2. The molecule has 6 heteroatoms. The number of fused-ring (bicyclic) bond motifs is 2. The Balaban J connectivity index is 1.36. The molecule has 1 aromatic heterocycles. The number of benzene rings is 1. The van der Waals surface area contributed by atoms with Crippen LogP contribution in [0.25, 0.3) is 0 Å². The molecule has 2 aromatic rings. The average molecular weight is 381 g/mol. The fraction of sp³-hybridized carbons (Fsp3) is 0.591. The van der Waals surface area contributed by atoms with Gasteiger partial charge in [-0.25, -0.2) is 0 Å². The van der Waals surface area contributed by atoms with Crippen LogP contribution in [0.15, 0.2) is 29.3 Å². The predicted molar refractivity (Wildman–Crippen MR) is 113 cm³/mol. The van der Waals surface area contributed by atoms with Crippen LogP contribution in [0.3, 0.4) is 0 Å². The molecule has 0 amide bonds. The molecular formula is C22H32N6. The molecular weight excluding hydrogens is 348 g/mol. The van der Waals surface area contributed by atoms with Crippen LogP contribution in [0.2, 0.25) is 0 Å². The molecule has 2 aliphatic rings. The van der Waals surface area contributed by atoms with Crippen LogP contribution in [-0.4, -0.2) is 39.9 Å². The number of aliphatic imine (C=N–C) groups is 1. The number of hydrogen-bond acceptors (Lipinski definition) is 3. The highest BCUT2D eigenvalue weighted by Crippen LogP contribution is 2.21. The van der Waals surface area contributed by atoms with E-state index in [0.29, 0.717) is 6.04 Å². The lowest BCUT2D eigenvalue weighted by molar-refractivity contribution is 0.520. The van der Waals surface area contributed by atoms with Gasteiger partial charge in [-0.2, -0.15) is 0 Å². The highest BCUT2D eigenvalue weighted by Gasteiger charge is 2.19. The molecule has 0 radical (unpaired) electrons. The van der Waals surface area contributed by atoms with Crippen LogP contribution in [0, 0.1) is 0 Å². The van der Waals surface area contributed by atoms with Gasteiger partial charge in [-0.3, -0.25) is 4.99 Å². The summed E-state index contributed by atoms with van der Waals surface area (Å²) >= 11 is 0. The van der Waals surface area contributed by atoms with Crippen LogP contribution in [-0.2, 0) is 32.2 Å². The van der Waals surface area contributed by atoms with E-state index in [-0.39, 0.29) is 0 Å². The van der Waals surface area contributed by atoms with Crippen molar-refractivity contribution >= 4 is 5.96 Å². The van der Waals surface area contributed by atoms with E-state index in [4.69, 9.17) is 4.99 Å². The molecule has 1 unspecified atom stereocenters. The molecule has 2 N–H and O–H groups in total. The molecule has 1 aliphatic heterocycles. The first-order chi connectivity index (χ1) is 13.8. The summed E-state index contributed by atoms with van der Waals surface area (Å²) < 4.78 is 2.32. The predicted octanol–water partition coefficient (Wildman–Crippen LogP) is 2.66. The summed E-state index contributed by atoms with van der Waals surface area (Å²) in [5, 5.41) is 15.9. The Morgan fingerprint density at radius 1 is 1.14 bits per heavy atom. The first-order valence-corrected chi connectivity index (χ1v) is 10.9. The Morgan fingerprint density at radius 3 is 2.93 bits per heavy atom. The van der Waals surface area contributed by atoms with Gasteiger partial charge in [-0.1, -0.05) is 30.7 Å². The number of guanidine groups is 1. The van der Waals surface area contributed by atoms with Crippen molar-refractivity contribution in [2.45, 2.75) is 70.9 Å². The zero-order chi connectivity index (χ0) is 19.2. The lowest BCUT2D eigenvalue weighted by Crippen LogP contribution is -2.45. The summed E-state index contributed by atoms with van der Waals surface area (Å²) in [6.45, 7) is 4.78. The van der Waals surface area contributed by atoms with E-state index in [1.54, 1.807) is 0 Å². The average Bonchev–Trinajstić information content (AvgIpc) is 2.94. The standard InChI is InChI=1S/C22H32N6/c1-2-23-22(25-19-12-11-17-8-5-6-9-18(17)16-19)24-14-13-21-27-26-20-10-4-3-7-15-28(20)21/h5-6,8-9,19H,2-4,7,10-16H2,1H3,(H2,23,24,25). The Labute approximate surface area is 167 Å². The van der Waals surface area contributed by atoms with Crippen LogP contribution in [0.4, 0.5) is 0 Å². The van der Waals surface area contributed by atoms with Gasteiger partial charge in [-0.05, 0) is 50.2 Å². The van der Waals surface area contributed by atoms with Gasteiger partial charge in [0, 0.05) is 38.5 Å². The minimum Gasteiger partial charge on any atom is -0.357 e. The summed E-state index contributed by atoms with van der Waals surface area (Å²) in [6.07, 6.45) is 9.01. The van der Waals surface area contributed by atoms with Crippen molar-refractivity contribution < 1.29 is 0 Å². The van der Waals surface area contributed by atoms with Crippen molar-refractivity contribution in [3.8, 4) is 0 Å². The zero-order valence-electron chi connectivity index (χ0n) is 17.0. The molecule has 6 nitrogen and oxygen atoms in total. The van der Waals surface area contributed by atoms with Gasteiger partial charge in [-0.15, -0.1) is 10.2 Å². The molecule has 1 aliphatic carbocycles. The summed E-state index contributed by atoms with van der Waals surface area (Å²) in [5.74, 6) is 3.16. The van der Waals surface area contributed by atoms with Gasteiger partial charge in [0.1, 0.15) is 11.6 Å². The van der Waals surface area contributed by atoms with Crippen molar-refractivity contribution in [3.63, 3.8) is 0 Å². The minimum absolute atomic E-state index is 0.442. The van der Waals surface area contributed by atoms with Crippen molar-refractivity contribution in [2.75, 3.05) is 13.1 Å². The highest BCUT2D eigenvalue weighted by atomic mass is 15.3. The van der Waals surface area contributed by atoms with Gasteiger partial charge in [0.2, 0.25) is 0 Å². The first-order valence-electron chi connectivity index (χ1n) is 10.9. The van der Waals surface area contributed by atoms with E-state index in [9.17, 15) is 0 Å². The lowest BCUT2D eigenvalue weighted by atomic mass is 9.88. The third kappa shape index (κ3) is 4.54. The molecule has 0 bridgehead atoms. The van der Waals surface area contributed by atoms with E-state index in [1.807, 2.05) is 0 Å². The van der Waals surface area contributed by atoms with Crippen molar-refractivity contribution in [2.24, 2.45) is 4.99 Å². The van der Waals surface area contributed by atoms with Gasteiger partial charge in [0.05, 0.1) is 0 Å². The van der Waals surface area contributed by atoms with Crippen molar-refractivity contribution in [1.29, 1.82) is 0 Å². The van der Waals surface area contributed by atoms with E-state index >= 15 is 0 Å². The first kappa shape index (κ1) is 19.0. The van der Waals surface area contributed by atoms with Crippen LogP contribution in [0.1, 0.15) is 55.4 Å². The third-order valence-corrected chi connectivity index (χ3v) is 5.82. The van der Waals surface area contributed by atoms with E-state index in [0.717, 1.165) is 69.3 Å². The fourth-order valence-corrected chi connectivity index (χ4v) is 4.33. The summed E-state index contributed by atoms with van der Waals surface area (Å²) in [5.41, 5.74) is 2.96. The minimum atomic E-state index is 0.442. The summed E-state index contributed by atoms with van der Waals surface area (Å²) in [6, 6.07) is 9.24. The molecule has 28 heavy (non-hydrogen) atoms. The Morgan fingerprint density at radius 2 is 2.04 bits per heavy atom. The van der Waals surface area contributed by atoms with E-state index in [2.05, 4.69) is 56.6 Å². The maximum atomic E-state index is 4.82. The number of aryl methyl sites for hydroxylation is 2. The van der Waals surface area contributed by atoms with E-state index in [1.165, 1.54) is 30.4 Å². The SMILES string of the molecule is CCNC(=NCCc1nnc2n1CCCCC2)NC1CCc2ccccc2C1. The molecule has 0 saturated heterocycles. The number of rotatable bonds is 5. The number of nitrogens with one attached hydrogen (secondary N) is 2. The van der Waals surface area contributed by atoms with Gasteiger partial charge < -0.3 is 15.2 Å². The molecule has 2 heterocycles. The van der Waals surface area contributed by atoms with Gasteiger partial charge in [0.15, 0.2) is 5.96 Å². The molecule has 0 saturated carbocycles. The molecule has 1 atom stereocenters. The monoisotopic (exact) mass is 380 g/mol. The fourth-order valence-electron chi connectivity index (χ4n) is 4.33.